The van der Waals surface area contributed by atoms with Crippen LogP contribution in [0.25, 0.3) is 0 Å². The van der Waals surface area contributed by atoms with Crippen molar-refractivity contribution in [2.75, 3.05) is 13.1 Å². The Balaban J connectivity index is 2.14. The SMILES string of the molecule is CCCN(CC1CC1)C(c1cccnc1)C(C)N. The van der Waals surface area contributed by atoms with Gasteiger partial charge in [-0.3, -0.25) is 9.88 Å². The number of hydrogen-bond donors (Lipinski definition) is 1. The van der Waals surface area contributed by atoms with Gasteiger partial charge in [0.2, 0.25) is 0 Å². The van der Waals surface area contributed by atoms with Crippen molar-refractivity contribution in [1.29, 1.82) is 0 Å². The molecule has 2 unspecified atom stereocenters. The van der Waals surface area contributed by atoms with E-state index in [0.717, 1.165) is 12.5 Å². The van der Waals surface area contributed by atoms with Crippen LogP contribution < -0.4 is 5.73 Å². The minimum absolute atomic E-state index is 0.138. The Bertz CT molecular complexity index is 346. The maximum Gasteiger partial charge on any atom is 0.0511 e. The van der Waals surface area contributed by atoms with Crippen LogP contribution in [0.3, 0.4) is 0 Å². The fourth-order valence-electron chi connectivity index (χ4n) is 2.66. The molecule has 1 aliphatic carbocycles. The van der Waals surface area contributed by atoms with Gasteiger partial charge in [0, 0.05) is 25.0 Å². The van der Waals surface area contributed by atoms with Gasteiger partial charge in [-0.2, -0.15) is 0 Å². The van der Waals surface area contributed by atoms with Gasteiger partial charge in [-0.25, -0.2) is 0 Å². The van der Waals surface area contributed by atoms with Crippen LogP contribution in [-0.2, 0) is 0 Å². The van der Waals surface area contributed by atoms with Crippen molar-refractivity contribution in [2.24, 2.45) is 11.7 Å². The highest BCUT2D eigenvalue weighted by Gasteiger charge is 2.30. The molecule has 3 heteroatoms. The molecule has 1 aromatic heterocycles. The van der Waals surface area contributed by atoms with Crippen LogP contribution in [0.15, 0.2) is 24.5 Å². The zero-order valence-electron chi connectivity index (χ0n) is 11.5. The Morgan fingerprint density at radius 1 is 1.50 bits per heavy atom. The largest absolute Gasteiger partial charge is 0.326 e. The highest BCUT2D eigenvalue weighted by molar-refractivity contribution is 5.16. The molecule has 2 N–H and O–H groups in total. The minimum Gasteiger partial charge on any atom is -0.326 e. The standard InChI is InChI=1S/C15H25N3/c1-3-9-18(11-13-6-7-13)15(12(2)16)14-5-4-8-17-10-14/h4-5,8,10,12-13,15H,3,6-7,9,11,16H2,1-2H3. The maximum atomic E-state index is 6.23. The van der Waals surface area contributed by atoms with Crippen molar-refractivity contribution in [3.63, 3.8) is 0 Å². The van der Waals surface area contributed by atoms with Gasteiger partial charge >= 0.3 is 0 Å². The lowest BCUT2D eigenvalue weighted by Gasteiger charge is -2.34. The maximum absolute atomic E-state index is 6.23. The Hall–Kier alpha value is -0.930. The van der Waals surface area contributed by atoms with Crippen molar-refractivity contribution in [1.82, 2.24) is 9.88 Å². The van der Waals surface area contributed by atoms with E-state index < -0.39 is 0 Å². The molecule has 1 aromatic rings. The molecule has 100 valence electrons. The smallest absolute Gasteiger partial charge is 0.0511 e. The molecule has 1 saturated carbocycles. The lowest BCUT2D eigenvalue weighted by molar-refractivity contribution is 0.168. The first-order valence-corrected chi connectivity index (χ1v) is 7.12. The van der Waals surface area contributed by atoms with E-state index in [-0.39, 0.29) is 6.04 Å². The van der Waals surface area contributed by atoms with Gasteiger partial charge in [-0.05, 0) is 50.3 Å². The minimum atomic E-state index is 0.138. The molecule has 1 fully saturated rings. The molecule has 2 atom stereocenters. The fraction of sp³-hybridized carbons (Fsp3) is 0.667. The third-order valence-corrected chi connectivity index (χ3v) is 3.62. The van der Waals surface area contributed by atoms with Crippen molar-refractivity contribution in [3.8, 4) is 0 Å². The highest BCUT2D eigenvalue weighted by atomic mass is 15.2. The quantitative estimate of drug-likeness (QED) is 0.805. The van der Waals surface area contributed by atoms with Crippen LogP contribution in [0.2, 0.25) is 0 Å². The summed E-state index contributed by atoms with van der Waals surface area (Å²) in [4.78, 5) is 6.80. The molecule has 18 heavy (non-hydrogen) atoms. The molecule has 3 nitrogen and oxygen atoms in total. The van der Waals surface area contributed by atoms with Crippen molar-refractivity contribution in [2.45, 2.75) is 45.2 Å². The van der Waals surface area contributed by atoms with Crippen LogP contribution in [0.5, 0.6) is 0 Å². The second-order valence-corrected chi connectivity index (χ2v) is 5.53. The van der Waals surface area contributed by atoms with Gasteiger partial charge in [0.25, 0.3) is 0 Å². The molecule has 0 bridgehead atoms. The van der Waals surface area contributed by atoms with E-state index in [1.54, 1.807) is 0 Å². The van der Waals surface area contributed by atoms with Gasteiger partial charge < -0.3 is 5.73 Å². The predicted octanol–water partition coefficient (Wildman–Crippen LogP) is 2.59. The summed E-state index contributed by atoms with van der Waals surface area (Å²) in [7, 11) is 0. The summed E-state index contributed by atoms with van der Waals surface area (Å²) >= 11 is 0. The Kier molecular flexibility index (Phi) is 4.72. The van der Waals surface area contributed by atoms with E-state index in [1.807, 2.05) is 18.5 Å². The summed E-state index contributed by atoms with van der Waals surface area (Å²) in [5.74, 6) is 0.898. The molecule has 0 radical (unpaired) electrons. The lowest BCUT2D eigenvalue weighted by Crippen LogP contribution is -2.41. The zero-order valence-corrected chi connectivity index (χ0v) is 11.5. The van der Waals surface area contributed by atoms with E-state index in [1.165, 1.54) is 31.4 Å². The van der Waals surface area contributed by atoms with Gasteiger partial charge in [0.1, 0.15) is 0 Å². The molecule has 0 amide bonds. The summed E-state index contributed by atoms with van der Waals surface area (Å²) in [6.07, 6.45) is 7.74. The number of nitrogens with two attached hydrogens (primary N) is 1. The van der Waals surface area contributed by atoms with Crippen LogP contribution in [-0.4, -0.2) is 29.0 Å². The third kappa shape index (κ3) is 3.53. The van der Waals surface area contributed by atoms with Gasteiger partial charge in [-0.1, -0.05) is 13.0 Å². The van der Waals surface area contributed by atoms with Crippen molar-refractivity contribution in [3.05, 3.63) is 30.1 Å². The van der Waals surface area contributed by atoms with E-state index in [4.69, 9.17) is 5.73 Å². The molecular formula is C15H25N3. The Morgan fingerprint density at radius 2 is 2.28 bits per heavy atom. The van der Waals surface area contributed by atoms with Crippen molar-refractivity contribution >= 4 is 0 Å². The number of nitrogens with zero attached hydrogens (tertiary/aromatic N) is 2. The number of aromatic nitrogens is 1. The van der Waals surface area contributed by atoms with Crippen LogP contribution in [0, 0.1) is 5.92 Å². The summed E-state index contributed by atoms with van der Waals surface area (Å²) in [6, 6.07) is 4.60. The summed E-state index contributed by atoms with van der Waals surface area (Å²) in [6.45, 7) is 6.65. The van der Waals surface area contributed by atoms with E-state index >= 15 is 0 Å². The molecule has 0 spiro atoms. The molecule has 1 aliphatic rings. The number of pyridine rings is 1. The first-order valence-electron chi connectivity index (χ1n) is 7.12. The molecule has 2 rings (SSSR count). The highest BCUT2D eigenvalue weighted by Crippen LogP contribution is 2.33. The average Bonchev–Trinajstić information content (AvgIpc) is 3.14. The van der Waals surface area contributed by atoms with Crippen molar-refractivity contribution < 1.29 is 0 Å². The van der Waals surface area contributed by atoms with E-state index in [9.17, 15) is 0 Å². The summed E-state index contributed by atoms with van der Waals surface area (Å²) in [5, 5.41) is 0. The Labute approximate surface area is 110 Å². The second kappa shape index (κ2) is 6.30. The van der Waals surface area contributed by atoms with Gasteiger partial charge in [0.15, 0.2) is 0 Å². The summed E-state index contributed by atoms with van der Waals surface area (Å²) in [5.41, 5.74) is 7.48. The van der Waals surface area contributed by atoms with Gasteiger partial charge in [0.05, 0.1) is 6.04 Å². The number of rotatable bonds is 7. The molecular weight excluding hydrogens is 222 g/mol. The van der Waals surface area contributed by atoms with E-state index in [0.29, 0.717) is 6.04 Å². The molecule has 0 aromatic carbocycles. The monoisotopic (exact) mass is 247 g/mol. The van der Waals surface area contributed by atoms with Crippen LogP contribution in [0.4, 0.5) is 0 Å². The Morgan fingerprint density at radius 3 is 2.78 bits per heavy atom. The lowest BCUT2D eigenvalue weighted by atomic mass is 10.00. The average molecular weight is 247 g/mol. The number of hydrogen-bond acceptors (Lipinski definition) is 3. The van der Waals surface area contributed by atoms with Crippen LogP contribution >= 0.6 is 0 Å². The predicted molar refractivity (Wildman–Crippen MR) is 75.2 cm³/mol. The normalized spacial score (nSPS) is 18.9. The molecule has 1 heterocycles. The second-order valence-electron chi connectivity index (χ2n) is 5.53. The third-order valence-electron chi connectivity index (χ3n) is 3.62. The van der Waals surface area contributed by atoms with E-state index in [2.05, 4.69) is 29.8 Å². The first kappa shape index (κ1) is 13.5. The van der Waals surface area contributed by atoms with Gasteiger partial charge in [-0.15, -0.1) is 0 Å². The molecule has 0 saturated heterocycles. The first-order chi connectivity index (χ1) is 8.72. The fourth-order valence-corrected chi connectivity index (χ4v) is 2.66. The molecule has 0 aliphatic heterocycles. The zero-order chi connectivity index (χ0) is 13.0. The topological polar surface area (TPSA) is 42.2 Å². The summed E-state index contributed by atoms with van der Waals surface area (Å²) < 4.78 is 0. The van der Waals surface area contributed by atoms with Crippen LogP contribution in [0.1, 0.15) is 44.7 Å².